The summed E-state index contributed by atoms with van der Waals surface area (Å²) in [6.07, 6.45) is 1.60. The zero-order valence-electron chi connectivity index (χ0n) is 10.0. The molecule has 1 aromatic carbocycles. The van der Waals surface area contributed by atoms with Crippen molar-refractivity contribution < 1.29 is 9.26 Å². The average Bonchev–Trinajstić information content (AvgIpc) is 3.08. The molecule has 102 valence electrons. The standard InChI is InChI=1S/C12H8Cl2N4O2/c13-7-1-2-10(8(14)5-7)19-6-11-16-12(20-18-11)9-3-4-15-17-9/h1-5H,6H2,(H,15,17). The molecule has 0 aliphatic carbocycles. The highest BCUT2D eigenvalue weighted by Gasteiger charge is 2.11. The quantitative estimate of drug-likeness (QED) is 0.799. The number of hydrogen-bond donors (Lipinski definition) is 1. The van der Waals surface area contributed by atoms with Gasteiger partial charge in [0.05, 0.1) is 5.02 Å². The Labute approximate surface area is 123 Å². The van der Waals surface area contributed by atoms with Gasteiger partial charge < -0.3 is 9.26 Å². The Morgan fingerprint density at radius 2 is 2.15 bits per heavy atom. The van der Waals surface area contributed by atoms with E-state index in [0.29, 0.717) is 33.2 Å². The van der Waals surface area contributed by atoms with Gasteiger partial charge in [-0.1, -0.05) is 28.4 Å². The second-order valence-corrected chi connectivity index (χ2v) is 4.69. The van der Waals surface area contributed by atoms with Gasteiger partial charge in [0.1, 0.15) is 11.4 Å². The van der Waals surface area contributed by atoms with E-state index in [1.807, 2.05) is 0 Å². The molecule has 8 heteroatoms. The number of nitrogens with one attached hydrogen (secondary N) is 1. The highest BCUT2D eigenvalue weighted by Crippen LogP contribution is 2.28. The molecular weight excluding hydrogens is 303 g/mol. The first-order valence-electron chi connectivity index (χ1n) is 5.62. The number of rotatable bonds is 4. The van der Waals surface area contributed by atoms with Crippen molar-refractivity contribution in [2.45, 2.75) is 6.61 Å². The predicted octanol–water partition coefficient (Wildman–Crippen LogP) is 3.35. The summed E-state index contributed by atoms with van der Waals surface area (Å²) < 4.78 is 10.6. The lowest BCUT2D eigenvalue weighted by Crippen LogP contribution is -1.98. The Kier molecular flexibility index (Phi) is 3.58. The zero-order chi connectivity index (χ0) is 13.9. The summed E-state index contributed by atoms with van der Waals surface area (Å²) in [5.41, 5.74) is 0.647. The van der Waals surface area contributed by atoms with Crippen LogP contribution in [0.1, 0.15) is 5.82 Å². The normalized spacial score (nSPS) is 10.7. The van der Waals surface area contributed by atoms with Gasteiger partial charge in [-0.3, -0.25) is 5.10 Å². The molecular formula is C12H8Cl2N4O2. The van der Waals surface area contributed by atoms with E-state index >= 15 is 0 Å². The Morgan fingerprint density at radius 3 is 2.90 bits per heavy atom. The van der Waals surface area contributed by atoms with E-state index in [2.05, 4.69) is 20.3 Å². The highest BCUT2D eigenvalue weighted by atomic mass is 35.5. The van der Waals surface area contributed by atoms with E-state index in [1.54, 1.807) is 30.5 Å². The summed E-state index contributed by atoms with van der Waals surface area (Å²) in [4.78, 5) is 4.17. The maximum Gasteiger partial charge on any atom is 0.276 e. The summed E-state index contributed by atoms with van der Waals surface area (Å²) in [5, 5.41) is 11.3. The van der Waals surface area contributed by atoms with E-state index in [9.17, 15) is 0 Å². The molecule has 2 heterocycles. The Hall–Kier alpha value is -2.05. The summed E-state index contributed by atoms with van der Waals surface area (Å²) in [6.45, 7) is 0.138. The van der Waals surface area contributed by atoms with Crippen LogP contribution in [0.4, 0.5) is 0 Å². The molecule has 0 bridgehead atoms. The van der Waals surface area contributed by atoms with Crippen molar-refractivity contribution in [3.63, 3.8) is 0 Å². The van der Waals surface area contributed by atoms with Crippen LogP contribution < -0.4 is 4.74 Å². The van der Waals surface area contributed by atoms with Crippen molar-refractivity contribution in [2.24, 2.45) is 0 Å². The number of halogens is 2. The van der Waals surface area contributed by atoms with Crippen LogP contribution in [0.2, 0.25) is 10.0 Å². The molecule has 1 N–H and O–H groups in total. The van der Waals surface area contributed by atoms with Crippen LogP contribution >= 0.6 is 23.2 Å². The van der Waals surface area contributed by atoms with Crippen LogP contribution in [0.3, 0.4) is 0 Å². The first-order valence-corrected chi connectivity index (χ1v) is 6.38. The first kappa shape index (κ1) is 13.0. The fraction of sp³-hybridized carbons (Fsp3) is 0.0833. The minimum Gasteiger partial charge on any atom is -0.484 e. The largest absolute Gasteiger partial charge is 0.484 e. The van der Waals surface area contributed by atoms with E-state index in [-0.39, 0.29) is 6.61 Å². The molecule has 0 fully saturated rings. The van der Waals surface area contributed by atoms with Crippen LogP contribution in [-0.2, 0) is 6.61 Å². The van der Waals surface area contributed by atoms with Gasteiger partial charge in [-0.05, 0) is 24.3 Å². The molecule has 0 radical (unpaired) electrons. The molecule has 0 unspecified atom stereocenters. The van der Waals surface area contributed by atoms with Crippen molar-refractivity contribution >= 4 is 23.2 Å². The van der Waals surface area contributed by atoms with Crippen molar-refractivity contribution in [1.82, 2.24) is 20.3 Å². The third-order valence-corrected chi connectivity index (χ3v) is 2.98. The van der Waals surface area contributed by atoms with E-state index in [1.165, 1.54) is 0 Å². The van der Waals surface area contributed by atoms with Gasteiger partial charge in [-0.15, -0.1) is 0 Å². The van der Waals surface area contributed by atoms with Gasteiger partial charge in [0.25, 0.3) is 5.89 Å². The average molecular weight is 311 g/mol. The minimum absolute atomic E-state index is 0.138. The lowest BCUT2D eigenvalue weighted by molar-refractivity contribution is 0.287. The molecule has 2 aromatic heterocycles. The Bertz CT molecular complexity index is 712. The van der Waals surface area contributed by atoms with Crippen LogP contribution in [0.5, 0.6) is 5.75 Å². The molecule has 0 amide bonds. The molecule has 0 saturated carbocycles. The number of nitrogens with zero attached hydrogens (tertiary/aromatic N) is 3. The van der Waals surface area contributed by atoms with E-state index in [4.69, 9.17) is 32.5 Å². The smallest absolute Gasteiger partial charge is 0.276 e. The monoisotopic (exact) mass is 310 g/mol. The van der Waals surface area contributed by atoms with Crippen LogP contribution in [-0.4, -0.2) is 20.3 Å². The first-order chi connectivity index (χ1) is 9.72. The molecule has 3 aromatic rings. The Morgan fingerprint density at radius 1 is 1.25 bits per heavy atom. The van der Waals surface area contributed by atoms with E-state index in [0.717, 1.165) is 0 Å². The van der Waals surface area contributed by atoms with Gasteiger partial charge in [-0.2, -0.15) is 10.1 Å². The zero-order valence-corrected chi connectivity index (χ0v) is 11.5. The maximum absolute atomic E-state index is 6.00. The lowest BCUT2D eigenvalue weighted by Gasteiger charge is -2.05. The van der Waals surface area contributed by atoms with Crippen LogP contribution in [0.15, 0.2) is 35.0 Å². The lowest BCUT2D eigenvalue weighted by atomic mass is 10.3. The topological polar surface area (TPSA) is 76.8 Å². The highest BCUT2D eigenvalue weighted by molar-refractivity contribution is 6.35. The van der Waals surface area contributed by atoms with Crippen molar-refractivity contribution in [3.8, 4) is 17.3 Å². The molecule has 0 aliphatic rings. The number of aromatic amines is 1. The summed E-state index contributed by atoms with van der Waals surface area (Å²) in [5.74, 6) is 1.26. The molecule has 20 heavy (non-hydrogen) atoms. The minimum atomic E-state index is 0.138. The SMILES string of the molecule is Clc1ccc(OCc2noc(-c3ccn[nH]3)n2)c(Cl)c1. The fourth-order valence-electron chi connectivity index (χ4n) is 1.53. The number of ether oxygens (including phenoxy) is 1. The summed E-state index contributed by atoms with van der Waals surface area (Å²) >= 11 is 11.8. The van der Waals surface area contributed by atoms with Crippen molar-refractivity contribution in [3.05, 3.63) is 46.3 Å². The van der Waals surface area contributed by atoms with Crippen molar-refractivity contribution in [2.75, 3.05) is 0 Å². The second-order valence-electron chi connectivity index (χ2n) is 3.85. The number of benzene rings is 1. The Balaban J connectivity index is 1.70. The molecule has 0 atom stereocenters. The maximum atomic E-state index is 6.00. The van der Waals surface area contributed by atoms with Gasteiger partial charge in [-0.25, -0.2) is 0 Å². The fourth-order valence-corrected chi connectivity index (χ4v) is 1.99. The van der Waals surface area contributed by atoms with Crippen LogP contribution in [0, 0.1) is 0 Å². The van der Waals surface area contributed by atoms with Crippen LogP contribution in [0.25, 0.3) is 11.6 Å². The number of hydrogen-bond acceptors (Lipinski definition) is 5. The third kappa shape index (κ3) is 2.76. The number of H-pyrrole nitrogens is 1. The molecule has 0 aliphatic heterocycles. The second kappa shape index (κ2) is 5.52. The number of aromatic nitrogens is 4. The molecule has 0 saturated heterocycles. The summed E-state index contributed by atoms with van der Waals surface area (Å²) in [7, 11) is 0. The van der Waals surface area contributed by atoms with Gasteiger partial charge in [0.15, 0.2) is 6.61 Å². The summed E-state index contributed by atoms with van der Waals surface area (Å²) in [6, 6.07) is 6.70. The van der Waals surface area contributed by atoms with Gasteiger partial charge >= 0.3 is 0 Å². The van der Waals surface area contributed by atoms with E-state index < -0.39 is 0 Å². The molecule has 0 spiro atoms. The van der Waals surface area contributed by atoms with Gasteiger partial charge in [0.2, 0.25) is 5.82 Å². The van der Waals surface area contributed by atoms with Gasteiger partial charge in [0, 0.05) is 11.2 Å². The predicted molar refractivity (Wildman–Crippen MR) is 72.7 cm³/mol. The molecule has 3 rings (SSSR count). The third-order valence-electron chi connectivity index (χ3n) is 2.45. The van der Waals surface area contributed by atoms with Crippen molar-refractivity contribution in [1.29, 1.82) is 0 Å². The molecule has 6 nitrogen and oxygen atoms in total.